The van der Waals surface area contributed by atoms with E-state index >= 15 is 0 Å². The summed E-state index contributed by atoms with van der Waals surface area (Å²) in [5, 5.41) is 12.1. The van der Waals surface area contributed by atoms with Crippen LogP contribution in [-0.4, -0.2) is 51.1 Å². The highest BCUT2D eigenvalue weighted by Crippen LogP contribution is 2.21. The van der Waals surface area contributed by atoms with Crippen LogP contribution in [-0.2, 0) is 23.1 Å². The van der Waals surface area contributed by atoms with E-state index in [0.29, 0.717) is 24.4 Å². The second-order valence-electron chi connectivity index (χ2n) is 7.11. The lowest BCUT2D eigenvalue weighted by Crippen LogP contribution is -2.46. The molecule has 31 heavy (non-hydrogen) atoms. The van der Waals surface area contributed by atoms with Crippen LogP contribution < -0.4 is 5.32 Å². The molecular weight excluding hydrogens is 399 g/mol. The summed E-state index contributed by atoms with van der Waals surface area (Å²) in [6.45, 7) is 0.0811. The number of nitrogens with one attached hydrogen (secondary N) is 1. The number of imidazole rings is 1. The lowest BCUT2D eigenvalue weighted by Gasteiger charge is -2.24. The van der Waals surface area contributed by atoms with Gasteiger partial charge in [0.1, 0.15) is 17.7 Å². The van der Waals surface area contributed by atoms with Gasteiger partial charge in [-0.3, -0.25) is 9.59 Å². The van der Waals surface area contributed by atoms with Gasteiger partial charge in [0.2, 0.25) is 0 Å². The third-order valence-electron chi connectivity index (χ3n) is 4.96. The highest BCUT2D eigenvalue weighted by Gasteiger charge is 2.27. The first-order valence-corrected chi connectivity index (χ1v) is 9.97. The third kappa shape index (κ3) is 5.76. The number of halogens is 1. The van der Waals surface area contributed by atoms with Crippen LogP contribution in [0.2, 0.25) is 0 Å². The number of hydrogen-bond donors (Lipinski definition) is 2. The molecule has 0 fully saturated rings. The maximum atomic E-state index is 13.4. The fourth-order valence-electron chi connectivity index (χ4n) is 3.29. The van der Waals surface area contributed by atoms with Crippen molar-refractivity contribution in [1.29, 1.82) is 0 Å². The lowest BCUT2D eigenvalue weighted by molar-refractivity contribution is -0.146. The van der Waals surface area contributed by atoms with E-state index in [4.69, 9.17) is 0 Å². The van der Waals surface area contributed by atoms with Crippen LogP contribution in [0.5, 0.6) is 0 Å². The minimum absolute atomic E-state index is 0.0444. The predicted molar refractivity (Wildman–Crippen MR) is 113 cm³/mol. The average Bonchev–Trinajstić information content (AvgIpc) is 3.21. The highest BCUT2D eigenvalue weighted by atomic mass is 19.1. The monoisotopic (exact) mass is 424 g/mol. The number of aliphatic hydroxyl groups excluding tert-OH is 1. The molecule has 1 heterocycles. The summed E-state index contributed by atoms with van der Waals surface area (Å²) in [5.41, 5.74) is 1.62. The van der Waals surface area contributed by atoms with E-state index in [1.165, 1.54) is 17.0 Å². The molecule has 3 aromatic rings. The zero-order valence-corrected chi connectivity index (χ0v) is 17.2. The maximum Gasteiger partial charge on any atom is 0.311 e. The molecule has 0 aliphatic heterocycles. The number of amides is 2. The summed E-state index contributed by atoms with van der Waals surface area (Å²) in [4.78, 5) is 31.3. The van der Waals surface area contributed by atoms with E-state index in [-0.39, 0.29) is 13.2 Å². The second-order valence-corrected chi connectivity index (χ2v) is 7.11. The minimum Gasteiger partial charge on any atom is -0.395 e. The number of aryl methyl sites for hydroxylation is 1. The van der Waals surface area contributed by atoms with Crippen LogP contribution in [0, 0.1) is 5.82 Å². The number of carbonyl (C=O) groups excluding carboxylic acids is 2. The maximum absolute atomic E-state index is 13.4. The second kappa shape index (κ2) is 10.5. The first-order chi connectivity index (χ1) is 15.0. The molecule has 0 spiro atoms. The molecule has 0 aliphatic carbocycles. The Morgan fingerprint density at radius 1 is 1.13 bits per heavy atom. The van der Waals surface area contributed by atoms with Crippen LogP contribution >= 0.6 is 0 Å². The van der Waals surface area contributed by atoms with Crippen molar-refractivity contribution < 1.29 is 19.1 Å². The molecule has 0 bridgehead atoms. The largest absolute Gasteiger partial charge is 0.395 e. The van der Waals surface area contributed by atoms with E-state index in [1.54, 1.807) is 36.1 Å². The van der Waals surface area contributed by atoms with Gasteiger partial charge >= 0.3 is 11.8 Å². The molecule has 2 amide bonds. The van der Waals surface area contributed by atoms with Gasteiger partial charge in [0.15, 0.2) is 0 Å². The van der Waals surface area contributed by atoms with Gasteiger partial charge in [-0.25, -0.2) is 9.37 Å². The molecule has 0 aliphatic rings. The highest BCUT2D eigenvalue weighted by molar-refractivity contribution is 6.35. The summed E-state index contributed by atoms with van der Waals surface area (Å²) >= 11 is 0. The van der Waals surface area contributed by atoms with Gasteiger partial charge < -0.3 is 19.9 Å². The van der Waals surface area contributed by atoms with Gasteiger partial charge in [0.05, 0.1) is 6.61 Å². The van der Waals surface area contributed by atoms with Gasteiger partial charge in [-0.15, -0.1) is 0 Å². The van der Waals surface area contributed by atoms with Crippen molar-refractivity contribution in [3.63, 3.8) is 0 Å². The van der Waals surface area contributed by atoms with Crippen LogP contribution in [0.4, 0.5) is 4.39 Å². The number of hydrogen-bond acceptors (Lipinski definition) is 4. The number of aliphatic hydroxyl groups is 1. The Morgan fingerprint density at radius 2 is 1.84 bits per heavy atom. The molecule has 2 aromatic carbocycles. The zero-order chi connectivity index (χ0) is 22.2. The van der Waals surface area contributed by atoms with Crippen LogP contribution in [0.1, 0.15) is 23.0 Å². The van der Waals surface area contributed by atoms with Crippen molar-refractivity contribution in [2.24, 2.45) is 7.05 Å². The Labute approximate surface area is 180 Å². The standard InChI is InChI=1S/C23H25FN4O3/c1-27-14-12-25-21(27)20(18-7-9-19(24)10-8-18)26-22(30)23(31)28(15-16-29)13-11-17-5-3-2-4-6-17/h2-10,12,14,20,29H,11,13,15-16H2,1H3,(H,26,30). The third-order valence-corrected chi connectivity index (χ3v) is 4.96. The van der Waals surface area contributed by atoms with Crippen molar-refractivity contribution in [3.05, 3.63) is 89.8 Å². The van der Waals surface area contributed by atoms with E-state index < -0.39 is 23.7 Å². The molecule has 162 valence electrons. The van der Waals surface area contributed by atoms with Crippen molar-refractivity contribution in [2.75, 3.05) is 19.7 Å². The summed E-state index contributed by atoms with van der Waals surface area (Å²) in [6.07, 6.45) is 3.86. The normalized spacial score (nSPS) is 11.7. The van der Waals surface area contributed by atoms with Crippen LogP contribution in [0.25, 0.3) is 0 Å². The molecule has 1 aromatic heterocycles. The smallest absolute Gasteiger partial charge is 0.311 e. The summed E-state index contributed by atoms with van der Waals surface area (Å²) in [7, 11) is 1.77. The molecule has 0 saturated heterocycles. The number of aromatic nitrogens is 2. The van der Waals surface area contributed by atoms with Crippen LogP contribution in [0.15, 0.2) is 67.0 Å². The van der Waals surface area contributed by atoms with Gasteiger partial charge in [0.25, 0.3) is 0 Å². The van der Waals surface area contributed by atoms with Crippen molar-refractivity contribution >= 4 is 11.8 Å². The average molecular weight is 424 g/mol. The fraction of sp³-hybridized carbons (Fsp3) is 0.261. The van der Waals surface area contributed by atoms with E-state index in [1.807, 2.05) is 30.3 Å². The zero-order valence-electron chi connectivity index (χ0n) is 17.2. The lowest BCUT2D eigenvalue weighted by atomic mass is 10.1. The van der Waals surface area contributed by atoms with Gasteiger partial charge in [-0.05, 0) is 29.7 Å². The molecule has 0 radical (unpaired) electrons. The summed E-state index contributed by atoms with van der Waals surface area (Å²) in [5.74, 6) is -1.46. The first-order valence-electron chi connectivity index (χ1n) is 9.97. The quantitative estimate of drug-likeness (QED) is 0.540. The Balaban J connectivity index is 1.76. The van der Waals surface area contributed by atoms with E-state index in [2.05, 4.69) is 10.3 Å². The Bertz CT molecular complexity index is 1010. The van der Waals surface area contributed by atoms with Gasteiger partial charge in [-0.2, -0.15) is 0 Å². The van der Waals surface area contributed by atoms with E-state index in [9.17, 15) is 19.1 Å². The van der Waals surface area contributed by atoms with Gasteiger partial charge in [-0.1, -0.05) is 42.5 Å². The molecule has 7 nitrogen and oxygen atoms in total. The van der Waals surface area contributed by atoms with Crippen molar-refractivity contribution in [3.8, 4) is 0 Å². The number of rotatable bonds is 8. The topological polar surface area (TPSA) is 87.5 Å². The molecule has 0 saturated carbocycles. The molecule has 1 atom stereocenters. The molecule has 1 unspecified atom stereocenters. The number of benzene rings is 2. The van der Waals surface area contributed by atoms with Crippen LogP contribution in [0.3, 0.4) is 0 Å². The molecule has 3 rings (SSSR count). The Kier molecular flexibility index (Phi) is 7.50. The Hall–Kier alpha value is -3.52. The minimum atomic E-state index is -0.821. The summed E-state index contributed by atoms with van der Waals surface area (Å²) in [6, 6.07) is 14.5. The predicted octanol–water partition coefficient (Wildman–Crippen LogP) is 1.83. The van der Waals surface area contributed by atoms with Crippen molar-refractivity contribution in [2.45, 2.75) is 12.5 Å². The van der Waals surface area contributed by atoms with E-state index in [0.717, 1.165) is 5.56 Å². The summed E-state index contributed by atoms with van der Waals surface area (Å²) < 4.78 is 15.1. The number of carbonyl (C=O) groups is 2. The first kappa shape index (κ1) is 22.2. The molecular formula is C23H25FN4O3. The SMILES string of the molecule is Cn1ccnc1C(NC(=O)C(=O)N(CCO)CCc1ccccc1)c1ccc(F)cc1. The van der Waals surface area contributed by atoms with Gasteiger partial charge in [0, 0.05) is 32.5 Å². The number of nitrogens with zero attached hydrogens (tertiary/aromatic N) is 3. The fourth-order valence-corrected chi connectivity index (χ4v) is 3.29. The molecule has 2 N–H and O–H groups in total. The van der Waals surface area contributed by atoms with Crippen molar-refractivity contribution in [1.82, 2.24) is 19.8 Å². The Morgan fingerprint density at radius 3 is 2.45 bits per heavy atom. The molecule has 8 heteroatoms.